The van der Waals surface area contributed by atoms with Gasteiger partial charge in [-0.15, -0.1) is 11.8 Å². The molecule has 0 aliphatic rings. The number of hydrogen-bond donors (Lipinski definition) is 1. The van der Waals surface area contributed by atoms with Crippen molar-refractivity contribution >= 4 is 23.4 Å². The number of carbonyl (C=O) groups excluding carboxylic acids is 1. The minimum atomic E-state index is -0.262. The molecule has 1 N–H and O–H groups in total. The van der Waals surface area contributed by atoms with Crippen molar-refractivity contribution in [1.29, 1.82) is 0 Å². The van der Waals surface area contributed by atoms with Crippen molar-refractivity contribution in [2.75, 3.05) is 25.8 Å². The maximum absolute atomic E-state index is 12.5. The van der Waals surface area contributed by atoms with E-state index in [4.69, 9.17) is 9.47 Å². The highest BCUT2D eigenvalue weighted by atomic mass is 32.2. The van der Waals surface area contributed by atoms with E-state index in [-0.39, 0.29) is 5.91 Å². The van der Waals surface area contributed by atoms with E-state index in [1.807, 2.05) is 30.5 Å². The highest BCUT2D eigenvalue weighted by Crippen LogP contribution is 2.29. The summed E-state index contributed by atoms with van der Waals surface area (Å²) in [6.07, 6.45) is 1.99. The third-order valence-corrected chi connectivity index (χ3v) is 3.71. The van der Waals surface area contributed by atoms with Crippen LogP contribution in [0.4, 0.5) is 5.69 Å². The van der Waals surface area contributed by atoms with E-state index in [0.29, 0.717) is 17.1 Å². The zero-order chi connectivity index (χ0) is 15.2. The zero-order valence-electron chi connectivity index (χ0n) is 12.2. The highest BCUT2D eigenvalue weighted by molar-refractivity contribution is 7.98. The number of hydrogen-bond acceptors (Lipinski definition) is 4. The van der Waals surface area contributed by atoms with Crippen molar-refractivity contribution < 1.29 is 14.3 Å². The summed E-state index contributed by atoms with van der Waals surface area (Å²) in [5, 5.41) is 2.87. The lowest BCUT2D eigenvalue weighted by Crippen LogP contribution is -2.14. The van der Waals surface area contributed by atoms with Crippen LogP contribution in [0.1, 0.15) is 10.4 Å². The molecule has 0 aliphatic carbocycles. The smallest absolute Gasteiger partial charge is 0.263 e. The van der Waals surface area contributed by atoms with E-state index in [9.17, 15) is 4.79 Å². The van der Waals surface area contributed by atoms with E-state index in [1.165, 1.54) is 14.2 Å². The van der Waals surface area contributed by atoms with Crippen LogP contribution >= 0.6 is 11.8 Å². The summed E-state index contributed by atoms with van der Waals surface area (Å²) in [5.74, 6) is 0.697. The molecule has 5 heteroatoms. The van der Waals surface area contributed by atoms with Gasteiger partial charge in [-0.2, -0.15) is 0 Å². The molecule has 2 aromatic carbocycles. The van der Waals surface area contributed by atoms with Gasteiger partial charge in [0.2, 0.25) is 0 Å². The lowest BCUT2D eigenvalue weighted by atomic mass is 10.1. The quantitative estimate of drug-likeness (QED) is 0.856. The predicted molar refractivity (Wildman–Crippen MR) is 85.7 cm³/mol. The van der Waals surface area contributed by atoms with Gasteiger partial charge in [0.1, 0.15) is 17.1 Å². The standard InChI is InChI=1S/C16H17NO3S/c1-19-13-8-5-9-14(20-2)15(13)16(18)17-11-6-4-7-12(10-11)21-3/h4-10H,1-3H3,(H,17,18). The average Bonchev–Trinajstić information content (AvgIpc) is 2.53. The van der Waals surface area contributed by atoms with Crippen LogP contribution in [0.5, 0.6) is 11.5 Å². The normalized spacial score (nSPS) is 10.0. The molecule has 0 fully saturated rings. The van der Waals surface area contributed by atoms with Crippen LogP contribution in [0.2, 0.25) is 0 Å². The number of carbonyl (C=O) groups is 1. The van der Waals surface area contributed by atoms with Crippen molar-refractivity contribution in [2.45, 2.75) is 4.90 Å². The Kier molecular flexibility index (Phi) is 5.11. The first-order chi connectivity index (χ1) is 10.2. The van der Waals surface area contributed by atoms with Gasteiger partial charge in [-0.3, -0.25) is 4.79 Å². The van der Waals surface area contributed by atoms with Gasteiger partial charge in [0.05, 0.1) is 14.2 Å². The molecule has 2 aromatic rings. The van der Waals surface area contributed by atoms with Crippen LogP contribution in [-0.2, 0) is 0 Å². The summed E-state index contributed by atoms with van der Waals surface area (Å²) < 4.78 is 10.5. The molecule has 110 valence electrons. The van der Waals surface area contributed by atoms with Gasteiger partial charge in [0, 0.05) is 10.6 Å². The molecule has 0 radical (unpaired) electrons. The number of thioether (sulfide) groups is 1. The molecule has 0 heterocycles. The summed E-state index contributed by atoms with van der Waals surface area (Å²) in [4.78, 5) is 13.6. The maximum atomic E-state index is 12.5. The third kappa shape index (κ3) is 3.49. The SMILES string of the molecule is COc1cccc(OC)c1C(=O)Nc1cccc(SC)c1. The number of anilines is 1. The topological polar surface area (TPSA) is 47.6 Å². The Morgan fingerprint density at radius 3 is 2.24 bits per heavy atom. The molecule has 0 saturated carbocycles. The molecule has 0 unspecified atom stereocenters. The van der Waals surface area contributed by atoms with Crippen molar-refractivity contribution in [3.8, 4) is 11.5 Å². The first-order valence-electron chi connectivity index (χ1n) is 6.36. The minimum Gasteiger partial charge on any atom is -0.496 e. The first kappa shape index (κ1) is 15.3. The monoisotopic (exact) mass is 303 g/mol. The first-order valence-corrected chi connectivity index (χ1v) is 7.58. The number of amides is 1. The lowest BCUT2D eigenvalue weighted by Gasteiger charge is -2.13. The maximum Gasteiger partial charge on any atom is 0.263 e. The average molecular weight is 303 g/mol. The number of ether oxygens (including phenoxy) is 2. The van der Waals surface area contributed by atoms with E-state index in [2.05, 4.69) is 5.32 Å². The summed E-state index contributed by atoms with van der Waals surface area (Å²) in [6, 6.07) is 12.9. The van der Waals surface area contributed by atoms with Crippen molar-refractivity contribution in [2.24, 2.45) is 0 Å². The van der Waals surface area contributed by atoms with Crippen molar-refractivity contribution in [1.82, 2.24) is 0 Å². The summed E-state index contributed by atoms with van der Waals surface area (Å²) in [7, 11) is 3.06. The molecule has 0 aromatic heterocycles. The molecule has 0 atom stereocenters. The summed E-state index contributed by atoms with van der Waals surface area (Å²) in [5.41, 5.74) is 1.12. The van der Waals surface area contributed by atoms with E-state index in [0.717, 1.165) is 10.6 Å². The Labute approximate surface area is 128 Å². The van der Waals surface area contributed by atoms with Crippen LogP contribution in [0.25, 0.3) is 0 Å². The van der Waals surface area contributed by atoms with Gasteiger partial charge in [-0.05, 0) is 36.6 Å². The predicted octanol–water partition coefficient (Wildman–Crippen LogP) is 3.68. The van der Waals surface area contributed by atoms with Crippen LogP contribution in [0.3, 0.4) is 0 Å². The second-order valence-electron chi connectivity index (χ2n) is 4.22. The molecular formula is C16H17NO3S. The Balaban J connectivity index is 2.31. The summed E-state index contributed by atoms with van der Waals surface area (Å²) >= 11 is 1.62. The minimum absolute atomic E-state index is 0.262. The highest BCUT2D eigenvalue weighted by Gasteiger charge is 2.18. The number of methoxy groups -OCH3 is 2. The number of rotatable bonds is 5. The molecule has 0 saturated heterocycles. The Bertz CT molecular complexity index is 621. The fourth-order valence-corrected chi connectivity index (χ4v) is 2.43. The van der Waals surface area contributed by atoms with Crippen LogP contribution in [-0.4, -0.2) is 26.4 Å². The second kappa shape index (κ2) is 7.04. The van der Waals surface area contributed by atoms with Gasteiger partial charge in [0.15, 0.2) is 0 Å². The van der Waals surface area contributed by atoms with Gasteiger partial charge >= 0.3 is 0 Å². The Hall–Kier alpha value is -2.14. The molecule has 21 heavy (non-hydrogen) atoms. The third-order valence-electron chi connectivity index (χ3n) is 2.98. The molecule has 0 spiro atoms. The summed E-state index contributed by atoms with van der Waals surface area (Å²) in [6.45, 7) is 0. The molecule has 4 nitrogen and oxygen atoms in total. The van der Waals surface area contributed by atoms with Crippen molar-refractivity contribution in [3.05, 3.63) is 48.0 Å². The molecule has 0 bridgehead atoms. The van der Waals surface area contributed by atoms with E-state index in [1.54, 1.807) is 30.0 Å². The molecular weight excluding hydrogens is 286 g/mol. The fraction of sp³-hybridized carbons (Fsp3) is 0.188. The van der Waals surface area contributed by atoms with Gasteiger partial charge in [0.25, 0.3) is 5.91 Å². The lowest BCUT2D eigenvalue weighted by molar-refractivity contribution is 0.102. The molecule has 2 rings (SSSR count). The van der Waals surface area contributed by atoms with Crippen LogP contribution in [0, 0.1) is 0 Å². The van der Waals surface area contributed by atoms with E-state index < -0.39 is 0 Å². The fourth-order valence-electron chi connectivity index (χ4n) is 1.97. The van der Waals surface area contributed by atoms with Crippen molar-refractivity contribution in [3.63, 3.8) is 0 Å². The van der Waals surface area contributed by atoms with Crippen LogP contribution in [0.15, 0.2) is 47.4 Å². The molecule has 0 aliphatic heterocycles. The second-order valence-corrected chi connectivity index (χ2v) is 5.10. The van der Waals surface area contributed by atoms with Crippen LogP contribution < -0.4 is 14.8 Å². The number of benzene rings is 2. The van der Waals surface area contributed by atoms with Gasteiger partial charge < -0.3 is 14.8 Å². The largest absolute Gasteiger partial charge is 0.496 e. The Morgan fingerprint density at radius 2 is 1.67 bits per heavy atom. The van der Waals surface area contributed by atoms with E-state index >= 15 is 0 Å². The Morgan fingerprint density at radius 1 is 1.05 bits per heavy atom. The molecule has 1 amide bonds. The van der Waals surface area contributed by atoms with Gasteiger partial charge in [-0.25, -0.2) is 0 Å². The number of nitrogens with one attached hydrogen (secondary N) is 1. The van der Waals surface area contributed by atoms with Gasteiger partial charge in [-0.1, -0.05) is 12.1 Å². The zero-order valence-corrected chi connectivity index (χ0v) is 13.0.